The molecule has 0 aromatic carbocycles. The lowest BCUT2D eigenvalue weighted by Crippen LogP contribution is -2.40. The Labute approximate surface area is 118 Å². The lowest BCUT2D eigenvalue weighted by molar-refractivity contribution is 0.504. The van der Waals surface area contributed by atoms with E-state index in [1.165, 1.54) is 0 Å². The van der Waals surface area contributed by atoms with Crippen LogP contribution in [0.5, 0.6) is 0 Å². The van der Waals surface area contributed by atoms with Gasteiger partial charge in [0, 0.05) is 25.4 Å². The molecule has 0 aliphatic carbocycles. The molecule has 6 heteroatoms. The molecule has 0 saturated carbocycles. The molecule has 0 saturated heterocycles. The average molecular weight is 291 g/mol. The molecule has 0 aliphatic rings. The fourth-order valence-corrected chi connectivity index (χ4v) is 2.28. The summed E-state index contributed by atoms with van der Waals surface area (Å²) in [6.45, 7) is 9.96. The van der Waals surface area contributed by atoms with Crippen molar-refractivity contribution >= 4 is 15.8 Å². The number of hydrogen-bond donors (Lipinski definition) is 2. The lowest BCUT2D eigenvalue weighted by atomic mass is 10.0. The van der Waals surface area contributed by atoms with Crippen LogP contribution in [0.25, 0.3) is 0 Å². The molecule has 0 rings (SSSR count). The molecule has 0 fully saturated rings. The summed E-state index contributed by atoms with van der Waals surface area (Å²) >= 11 is 0. The Balaban J connectivity index is 4.29. The largest absolute Gasteiger partial charge is 0.357 e. The predicted molar refractivity (Wildman–Crippen MR) is 82.4 cm³/mol. The maximum Gasteiger partial charge on any atom is 0.191 e. The van der Waals surface area contributed by atoms with E-state index in [0.29, 0.717) is 18.4 Å². The van der Waals surface area contributed by atoms with E-state index in [2.05, 4.69) is 29.5 Å². The van der Waals surface area contributed by atoms with Gasteiger partial charge in [0.1, 0.15) is 0 Å². The van der Waals surface area contributed by atoms with Crippen molar-refractivity contribution in [3.05, 3.63) is 0 Å². The fraction of sp³-hybridized carbons (Fsp3) is 0.923. The lowest BCUT2D eigenvalue weighted by Gasteiger charge is -2.13. The van der Waals surface area contributed by atoms with Crippen LogP contribution in [-0.2, 0) is 9.84 Å². The Hall–Kier alpha value is -0.780. The Morgan fingerprint density at radius 1 is 1.11 bits per heavy atom. The molecule has 2 N–H and O–H groups in total. The van der Waals surface area contributed by atoms with Gasteiger partial charge in [-0.05, 0) is 12.8 Å². The number of nitrogens with zero attached hydrogens (tertiary/aromatic N) is 1. The smallest absolute Gasteiger partial charge is 0.191 e. The van der Waals surface area contributed by atoms with Gasteiger partial charge >= 0.3 is 0 Å². The molecule has 0 amide bonds. The third-order valence-electron chi connectivity index (χ3n) is 3.15. The minimum Gasteiger partial charge on any atom is -0.357 e. The van der Waals surface area contributed by atoms with Crippen molar-refractivity contribution in [3.63, 3.8) is 0 Å². The number of rotatable bonds is 9. The van der Waals surface area contributed by atoms with E-state index in [1.807, 2.05) is 6.92 Å². The molecule has 0 radical (unpaired) electrons. The van der Waals surface area contributed by atoms with Crippen molar-refractivity contribution in [2.45, 2.75) is 40.5 Å². The number of guanidine groups is 1. The van der Waals surface area contributed by atoms with Crippen LogP contribution in [0.1, 0.15) is 40.5 Å². The zero-order valence-electron chi connectivity index (χ0n) is 12.7. The SMILES string of the molecule is CCNC(=NCC(CC)CC)NCCS(=O)(=O)CC. The first-order chi connectivity index (χ1) is 8.99. The van der Waals surface area contributed by atoms with Crippen molar-refractivity contribution in [2.75, 3.05) is 31.1 Å². The summed E-state index contributed by atoms with van der Waals surface area (Å²) in [5.74, 6) is 1.64. The average Bonchev–Trinajstić information content (AvgIpc) is 2.39. The molecule has 0 heterocycles. The van der Waals surface area contributed by atoms with E-state index in [9.17, 15) is 8.42 Å². The van der Waals surface area contributed by atoms with Gasteiger partial charge in [0.15, 0.2) is 15.8 Å². The Morgan fingerprint density at radius 3 is 2.21 bits per heavy atom. The van der Waals surface area contributed by atoms with Crippen LogP contribution >= 0.6 is 0 Å². The monoisotopic (exact) mass is 291 g/mol. The fourth-order valence-electron chi connectivity index (χ4n) is 1.58. The Bertz CT molecular complexity index is 349. The summed E-state index contributed by atoms with van der Waals surface area (Å²) in [6.07, 6.45) is 2.23. The molecule has 0 aromatic rings. The Morgan fingerprint density at radius 2 is 1.74 bits per heavy atom. The summed E-state index contributed by atoms with van der Waals surface area (Å²) in [5, 5.41) is 6.21. The van der Waals surface area contributed by atoms with Crippen molar-refractivity contribution < 1.29 is 8.42 Å². The first-order valence-corrected chi connectivity index (χ1v) is 9.03. The molecule has 0 bridgehead atoms. The molecule has 0 unspecified atom stereocenters. The van der Waals surface area contributed by atoms with Gasteiger partial charge in [0.25, 0.3) is 0 Å². The summed E-state index contributed by atoms with van der Waals surface area (Å²) in [7, 11) is -2.92. The number of hydrogen-bond acceptors (Lipinski definition) is 3. The van der Waals surface area contributed by atoms with E-state index >= 15 is 0 Å². The summed E-state index contributed by atoms with van der Waals surface area (Å²) in [4.78, 5) is 4.50. The molecule has 0 aromatic heterocycles. The van der Waals surface area contributed by atoms with E-state index in [1.54, 1.807) is 6.92 Å². The van der Waals surface area contributed by atoms with Crippen molar-refractivity contribution in [1.82, 2.24) is 10.6 Å². The second-order valence-corrected chi connectivity index (χ2v) is 7.04. The van der Waals surface area contributed by atoms with Crippen LogP contribution in [0, 0.1) is 5.92 Å². The summed E-state index contributed by atoms with van der Waals surface area (Å²) < 4.78 is 22.8. The summed E-state index contributed by atoms with van der Waals surface area (Å²) in [6, 6.07) is 0. The van der Waals surface area contributed by atoms with Crippen LogP contribution in [0.3, 0.4) is 0 Å². The molecular formula is C13H29N3O2S. The number of aliphatic imine (C=N–C) groups is 1. The first kappa shape index (κ1) is 18.2. The first-order valence-electron chi connectivity index (χ1n) is 7.21. The van der Waals surface area contributed by atoms with E-state index < -0.39 is 9.84 Å². The zero-order valence-corrected chi connectivity index (χ0v) is 13.5. The highest BCUT2D eigenvalue weighted by molar-refractivity contribution is 7.91. The van der Waals surface area contributed by atoms with Gasteiger partial charge in [0.2, 0.25) is 0 Å². The predicted octanol–water partition coefficient (Wildman–Crippen LogP) is 1.41. The van der Waals surface area contributed by atoms with Gasteiger partial charge in [-0.3, -0.25) is 4.99 Å². The van der Waals surface area contributed by atoms with Gasteiger partial charge in [-0.1, -0.05) is 33.6 Å². The van der Waals surface area contributed by atoms with Gasteiger partial charge in [-0.2, -0.15) is 0 Å². The molecule has 0 spiro atoms. The maximum atomic E-state index is 11.4. The topological polar surface area (TPSA) is 70.6 Å². The minimum absolute atomic E-state index is 0.152. The highest BCUT2D eigenvalue weighted by atomic mass is 32.2. The van der Waals surface area contributed by atoms with Crippen LogP contribution in [0.4, 0.5) is 0 Å². The third kappa shape index (κ3) is 8.86. The van der Waals surface area contributed by atoms with Crippen molar-refractivity contribution in [3.8, 4) is 0 Å². The normalized spacial score (nSPS) is 12.8. The second-order valence-electron chi connectivity index (χ2n) is 4.57. The molecule has 5 nitrogen and oxygen atoms in total. The molecule has 0 aliphatic heterocycles. The molecular weight excluding hydrogens is 262 g/mol. The van der Waals surface area contributed by atoms with E-state index in [-0.39, 0.29) is 11.5 Å². The highest BCUT2D eigenvalue weighted by Gasteiger charge is 2.08. The van der Waals surface area contributed by atoms with Gasteiger partial charge in [-0.25, -0.2) is 8.42 Å². The zero-order chi connectivity index (χ0) is 14.7. The van der Waals surface area contributed by atoms with E-state index in [4.69, 9.17) is 0 Å². The van der Waals surface area contributed by atoms with Crippen molar-refractivity contribution in [2.24, 2.45) is 10.9 Å². The van der Waals surface area contributed by atoms with Crippen molar-refractivity contribution in [1.29, 1.82) is 0 Å². The molecule has 0 atom stereocenters. The second kappa shape index (κ2) is 10.1. The van der Waals surface area contributed by atoms with Crippen LogP contribution in [0.2, 0.25) is 0 Å². The minimum atomic E-state index is -2.92. The molecule has 114 valence electrons. The maximum absolute atomic E-state index is 11.4. The highest BCUT2D eigenvalue weighted by Crippen LogP contribution is 2.06. The van der Waals surface area contributed by atoms with Gasteiger partial charge < -0.3 is 10.6 Å². The summed E-state index contributed by atoms with van der Waals surface area (Å²) in [5.41, 5.74) is 0. The van der Waals surface area contributed by atoms with Gasteiger partial charge in [0.05, 0.1) is 5.75 Å². The van der Waals surface area contributed by atoms with Crippen LogP contribution in [-0.4, -0.2) is 45.5 Å². The molecule has 19 heavy (non-hydrogen) atoms. The van der Waals surface area contributed by atoms with Crippen LogP contribution in [0.15, 0.2) is 4.99 Å². The number of sulfone groups is 1. The van der Waals surface area contributed by atoms with Gasteiger partial charge in [-0.15, -0.1) is 0 Å². The Kier molecular flexibility index (Phi) is 9.65. The quantitative estimate of drug-likeness (QED) is 0.498. The third-order valence-corrected chi connectivity index (χ3v) is 4.86. The number of nitrogens with one attached hydrogen (secondary N) is 2. The van der Waals surface area contributed by atoms with Crippen LogP contribution < -0.4 is 10.6 Å². The van der Waals surface area contributed by atoms with E-state index in [0.717, 1.165) is 25.9 Å². The standard InChI is InChI=1S/C13H29N3O2S/c1-5-12(6-2)11-16-13(14-7-3)15-9-10-19(17,18)8-4/h12H,5-11H2,1-4H3,(H2,14,15,16).